The molecular formula is C63H38N2OS2. The molecule has 5 heteroatoms. The van der Waals surface area contributed by atoms with Crippen LogP contribution in [-0.4, -0.2) is 0 Å². The molecule has 1 atom stereocenters. The Kier molecular flexibility index (Phi) is 8.03. The lowest BCUT2D eigenvalue weighted by Gasteiger charge is -2.35. The maximum Gasteiger partial charge on any atom is 0.140 e. The molecule has 318 valence electrons. The molecule has 0 saturated carbocycles. The van der Waals surface area contributed by atoms with Crippen molar-refractivity contribution in [1.82, 2.24) is 0 Å². The first-order chi connectivity index (χ1) is 33.7. The van der Waals surface area contributed by atoms with Crippen LogP contribution in [0.1, 0.15) is 22.3 Å². The molecule has 1 spiro atoms. The molecule has 2 aliphatic rings. The molecule has 3 heterocycles. The highest BCUT2D eigenvalue weighted by molar-refractivity contribution is 7.26. The van der Waals surface area contributed by atoms with E-state index < -0.39 is 5.41 Å². The molecule has 10 aromatic carbocycles. The largest absolute Gasteiger partial charge is 0.456 e. The number of fused-ring (bicyclic) bond motifs is 18. The van der Waals surface area contributed by atoms with E-state index in [4.69, 9.17) is 4.42 Å². The van der Waals surface area contributed by atoms with Gasteiger partial charge in [-0.1, -0.05) is 133 Å². The summed E-state index contributed by atoms with van der Waals surface area (Å²) in [6.07, 6.45) is 0. The van der Waals surface area contributed by atoms with Gasteiger partial charge in [0.15, 0.2) is 0 Å². The van der Waals surface area contributed by atoms with E-state index in [1.807, 2.05) is 22.7 Å². The quantitative estimate of drug-likeness (QED) is 0.166. The fourth-order valence-corrected chi connectivity index (χ4v) is 13.9. The van der Waals surface area contributed by atoms with Gasteiger partial charge in [-0.3, -0.25) is 0 Å². The van der Waals surface area contributed by atoms with E-state index >= 15 is 0 Å². The molecule has 68 heavy (non-hydrogen) atoms. The van der Waals surface area contributed by atoms with Crippen LogP contribution >= 0.6 is 22.7 Å². The molecule has 0 saturated heterocycles. The van der Waals surface area contributed by atoms with Crippen molar-refractivity contribution in [3.63, 3.8) is 0 Å². The second-order valence-electron chi connectivity index (χ2n) is 17.9. The maximum absolute atomic E-state index is 7.11. The first-order valence-corrected chi connectivity index (χ1v) is 24.8. The smallest absolute Gasteiger partial charge is 0.140 e. The van der Waals surface area contributed by atoms with E-state index in [0.717, 1.165) is 56.4 Å². The number of thiophene rings is 2. The Hall–Kier alpha value is -8.22. The first-order valence-electron chi connectivity index (χ1n) is 23.2. The summed E-state index contributed by atoms with van der Waals surface area (Å²) in [7, 11) is 0. The van der Waals surface area contributed by atoms with Crippen molar-refractivity contribution in [2.75, 3.05) is 9.80 Å². The minimum atomic E-state index is -0.712. The van der Waals surface area contributed by atoms with Crippen molar-refractivity contribution in [2.45, 2.75) is 5.41 Å². The predicted octanol–water partition coefficient (Wildman–Crippen LogP) is 18.5. The van der Waals surface area contributed by atoms with Crippen molar-refractivity contribution >= 4 is 108 Å². The molecule has 1 unspecified atom stereocenters. The summed E-state index contributed by atoms with van der Waals surface area (Å²) in [4.78, 5) is 4.91. The van der Waals surface area contributed by atoms with Crippen molar-refractivity contribution < 1.29 is 4.42 Å². The minimum absolute atomic E-state index is 0.712. The standard InChI is InChI=1S/C63H38N2OS2/c1-3-16-39(17-4-1)64(42-31-34-58-50(37-42)45-21-9-13-28-56(45)67-58)41-30-33-53-49(36-41)44-20-7-11-25-52(44)63(53)60-48(62-61(63)47-23-8-12-27-55(47)66-62)24-15-26-54(60)65(40-18-5-2-6-19-40)43-32-35-59-51(38-43)46-22-10-14-29-57(46)68-59/h1-38H. The molecule has 0 radical (unpaired) electrons. The zero-order valence-electron chi connectivity index (χ0n) is 36.6. The lowest BCUT2D eigenvalue weighted by atomic mass is 9.69. The summed E-state index contributed by atoms with van der Waals surface area (Å²) in [5.74, 6) is 0.935. The lowest BCUT2D eigenvalue weighted by Crippen LogP contribution is -2.28. The van der Waals surface area contributed by atoms with Crippen LogP contribution in [0.3, 0.4) is 0 Å². The third-order valence-electron chi connectivity index (χ3n) is 14.4. The van der Waals surface area contributed by atoms with Crippen molar-refractivity contribution in [3.8, 4) is 22.5 Å². The first kappa shape index (κ1) is 37.9. The Balaban J connectivity index is 1.01. The van der Waals surface area contributed by atoms with Crippen molar-refractivity contribution in [2.24, 2.45) is 0 Å². The lowest BCUT2D eigenvalue weighted by molar-refractivity contribution is 0.628. The average Bonchev–Trinajstić information content (AvgIpc) is 4.20. The number of anilines is 6. The minimum Gasteiger partial charge on any atom is -0.456 e. The van der Waals surface area contributed by atoms with Gasteiger partial charge in [-0.2, -0.15) is 0 Å². The summed E-state index contributed by atoms with van der Waals surface area (Å²) in [5.41, 5.74) is 15.4. The normalized spacial score (nSPS) is 14.5. The van der Waals surface area contributed by atoms with Gasteiger partial charge in [0.05, 0.1) is 11.1 Å². The second-order valence-corrected chi connectivity index (χ2v) is 20.1. The summed E-state index contributed by atoms with van der Waals surface area (Å²) in [6.45, 7) is 0. The molecule has 0 N–H and O–H groups in total. The molecule has 15 rings (SSSR count). The van der Waals surface area contributed by atoms with Crippen LogP contribution in [0.5, 0.6) is 0 Å². The average molecular weight is 903 g/mol. The Morgan fingerprint density at radius 2 is 0.838 bits per heavy atom. The van der Waals surface area contributed by atoms with Crippen molar-refractivity contribution in [1.29, 1.82) is 0 Å². The molecule has 0 bridgehead atoms. The van der Waals surface area contributed by atoms with Crippen LogP contribution in [-0.2, 0) is 5.41 Å². The van der Waals surface area contributed by atoms with Gasteiger partial charge in [0.25, 0.3) is 0 Å². The molecule has 3 aromatic heterocycles. The molecule has 2 aliphatic carbocycles. The van der Waals surface area contributed by atoms with Crippen LogP contribution in [0.4, 0.5) is 34.1 Å². The molecule has 3 nitrogen and oxygen atoms in total. The van der Waals surface area contributed by atoms with Crippen LogP contribution in [0.15, 0.2) is 235 Å². The van der Waals surface area contributed by atoms with E-state index in [1.165, 1.54) is 73.7 Å². The topological polar surface area (TPSA) is 19.6 Å². The number of hydrogen-bond acceptors (Lipinski definition) is 5. The van der Waals surface area contributed by atoms with Gasteiger partial charge in [-0.05, 0) is 119 Å². The third-order valence-corrected chi connectivity index (χ3v) is 16.7. The van der Waals surface area contributed by atoms with Gasteiger partial charge in [0.1, 0.15) is 11.3 Å². The zero-order valence-corrected chi connectivity index (χ0v) is 38.2. The number of hydrogen-bond donors (Lipinski definition) is 0. The van der Waals surface area contributed by atoms with E-state index in [0.29, 0.717) is 0 Å². The highest BCUT2D eigenvalue weighted by Gasteiger charge is 2.56. The number of benzene rings is 10. The molecule has 0 fully saturated rings. The molecular weight excluding hydrogens is 865 g/mol. The predicted molar refractivity (Wildman–Crippen MR) is 288 cm³/mol. The van der Waals surface area contributed by atoms with Crippen LogP contribution < -0.4 is 9.80 Å². The van der Waals surface area contributed by atoms with Gasteiger partial charge in [0, 0.05) is 90.9 Å². The van der Waals surface area contributed by atoms with E-state index in [2.05, 4.69) is 240 Å². The zero-order chi connectivity index (χ0) is 44.5. The summed E-state index contributed by atoms with van der Waals surface area (Å²) in [5, 5.41) is 6.25. The SMILES string of the molecule is c1ccc(N(c2ccc3c(c2)-c2ccccc2C32c3c(cccc3N(c3ccccc3)c3ccc4sc5ccccc5c4c3)-c3oc4ccccc4c32)c2ccc3sc4ccccc4c3c2)cc1. The van der Waals surface area contributed by atoms with E-state index in [-0.39, 0.29) is 0 Å². The van der Waals surface area contributed by atoms with Crippen LogP contribution in [0.2, 0.25) is 0 Å². The van der Waals surface area contributed by atoms with Crippen molar-refractivity contribution in [3.05, 3.63) is 253 Å². The van der Waals surface area contributed by atoms with Gasteiger partial charge in [-0.25, -0.2) is 0 Å². The monoisotopic (exact) mass is 902 g/mol. The molecule has 0 amide bonds. The van der Waals surface area contributed by atoms with Crippen LogP contribution in [0, 0.1) is 0 Å². The van der Waals surface area contributed by atoms with E-state index in [1.54, 1.807) is 0 Å². The Morgan fingerprint density at radius 1 is 0.324 bits per heavy atom. The van der Waals surface area contributed by atoms with Gasteiger partial charge in [-0.15, -0.1) is 22.7 Å². The Bertz CT molecular complexity index is 4180. The fraction of sp³-hybridized carbons (Fsp3) is 0.0159. The summed E-state index contributed by atoms with van der Waals surface area (Å²) >= 11 is 3.71. The highest BCUT2D eigenvalue weighted by atomic mass is 32.1. The number of furan rings is 1. The third kappa shape index (κ3) is 5.23. The van der Waals surface area contributed by atoms with Gasteiger partial charge < -0.3 is 14.2 Å². The number of nitrogens with zero attached hydrogens (tertiary/aromatic N) is 2. The van der Waals surface area contributed by atoms with Gasteiger partial charge >= 0.3 is 0 Å². The number of para-hydroxylation sites is 3. The second kappa shape index (κ2) is 14.4. The van der Waals surface area contributed by atoms with Crippen LogP contribution in [0.25, 0.3) is 73.8 Å². The molecule has 0 aliphatic heterocycles. The number of rotatable bonds is 6. The molecule has 13 aromatic rings. The maximum atomic E-state index is 7.11. The fourth-order valence-electron chi connectivity index (χ4n) is 11.7. The highest BCUT2D eigenvalue weighted by Crippen LogP contribution is 2.67. The van der Waals surface area contributed by atoms with Gasteiger partial charge in [0.2, 0.25) is 0 Å². The summed E-state index contributed by atoms with van der Waals surface area (Å²) in [6, 6.07) is 85.0. The summed E-state index contributed by atoms with van der Waals surface area (Å²) < 4.78 is 12.3. The van der Waals surface area contributed by atoms with E-state index in [9.17, 15) is 0 Å². The Labute approximate surface area is 400 Å². The Morgan fingerprint density at radius 3 is 1.54 bits per heavy atom.